The smallest absolute Gasteiger partial charge is 0.156 e. The van der Waals surface area contributed by atoms with Gasteiger partial charge in [0.15, 0.2) is 5.78 Å². The van der Waals surface area contributed by atoms with Crippen molar-refractivity contribution in [1.82, 2.24) is 0 Å². The van der Waals surface area contributed by atoms with Gasteiger partial charge in [-0.05, 0) is 37.2 Å². The fourth-order valence-corrected chi connectivity index (χ4v) is 2.37. The number of ketones is 1. The van der Waals surface area contributed by atoms with Gasteiger partial charge in [-0.25, -0.2) is 0 Å². The van der Waals surface area contributed by atoms with Crippen LogP contribution in [0.5, 0.6) is 0 Å². The average Bonchev–Trinajstić information content (AvgIpc) is 2.29. The van der Waals surface area contributed by atoms with Crippen molar-refractivity contribution in [2.75, 3.05) is 0 Å². The lowest BCUT2D eigenvalue weighted by molar-refractivity contribution is -0.115. The molecule has 2 aliphatic carbocycles. The zero-order valence-corrected chi connectivity index (χ0v) is 8.18. The lowest BCUT2D eigenvalue weighted by Crippen LogP contribution is -2.16. The van der Waals surface area contributed by atoms with E-state index in [-0.39, 0.29) is 5.41 Å². The summed E-state index contributed by atoms with van der Waals surface area (Å²) in [5, 5.41) is 0. The summed E-state index contributed by atoms with van der Waals surface area (Å²) in [4.78, 5) is 11.3. The molecule has 0 aromatic heterocycles. The topological polar surface area (TPSA) is 17.1 Å². The molecule has 0 saturated carbocycles. The highest BCUT2D eigenvalue weighted by Crippen LogP contribution is 2.43. The Hall–Kier alpha value is -0.850. The fourth-order valence-electron chi connectivity index (χ4n) is 2.37. The van der Waals surface area contributed by atoms with Crippen molar-refractivity contribution in [1.29, 1.82) is 0 Å². The summed E-state index contributed by atoms with van der Waals surface area (Å²) < 4.78 is 0. The molecule has 0 fully saturated rings. The minimum Gasteiger partial charge on any atom is -0.295 e. The summed E-state index contributed by atoms with van der Waals surface area (Å²) in [7, 11) is 0. The van der Waals surface area contributed by atoms with E-state index >= 15 is 0 Å². The quantitative estimate of drug-likeness (QED) is 0.518. The molecule has 0 bridgehead atoms. The molecule has 0 radical (unpaired) electrons. The second-order valence-electron chi connectivity index (χ2n) is 4.44. The molecule has 0 N–H and O–H groups in total. The van der Waals surface area contributed by atoms with Crippen LogP contribution in [0.1, 0.15) is 39.0 Å². The highest BCUT2D eigenvalue weighted by molar-refractivity contribution is 5.94. The van der Waals surface area contributed by atoms with Crippen LogP contribution in [0.25, 0.3) is 0 Å². The van der Waals surface area contributed by atoms with Gasteiger partial charge >= 0.3 is 0 Å². The van der Waals surface area contributed by atoms with E-state index in [0.717, 1.165) is 19.3 Å². The Morgan fingerprint density at radius 3 is 3.08 bits per heavy atom. The molecule has 70 valence electrons. The van der Waals surface area contributed by atoms with Gasteiger partial charge in [-0.1, -0.05) is 24.6 Å². The molecule has 2 aliphatic rings. The molecular formula is C12H16O. The zero-order chi connectivity index (χ0) is 9.31. The van der Waals surface area contributed by atoms with Gasteiger partial charge in [0.05, 0.1) is 0 Å². The maximum Gasteiger partial charge on any atom is 0.156 e. The molecule has 0 spiro atoms. The lowest BCUT2D eigenvalue weighted by Gasteiger charge is -2.27. The Labute approximate surface area is 79.5 Å². The molecule has 0 aliphatic heterocycles. The van der Waals surface area contributed by atoms with Crippen LogP contribution >= 0.6 is 0 Å². The number of carbonyl (C=O) groups excluding carboxylic acids is 1. The van der Waals surface area contributed by atoms with Gasteiger partial charge in [0.2, 0.25) is 0 Å². The van der Waals surface area contributed by atoms with E-state index in [1.165, 1.54) is 18.4 Å². The number of carbonyl (C=O) groups is 1. The van der Waals surface area contributed by atoms with E-state index in [9.17, 15) is 4.79 Å². The molecular weight excluding hydrogens is 160 g/mol. The van der Waals surface area contributed by atoms with Crippen LogP contribution in [0.2, 0.25) is 0 Å². The van der Waals surface area contributed by atoms with Gasteiger partial charge in [0.25, 0.3) is 0 Å². The molecule has 0 amide bonds. The minimum atomic E-state index is 0.161. The highest BCUT2D eigenvalue weighted by Gasteiger charge is 2.35. The van der Waals surface area contributed by atoms with Gasteiger partial charge in [-0.15, -0.1) is 0 Å². The SMILES string of the molecule is C[C@@]12C/C=C\CCCC1=CC(=O)C2. The van der Waals surface area contributed by atoms with Crippen molar-refractivity contribution in [3.05, 3.63) is 23.8 Å². The molecule has 13 heavy (non-hydrogen) atoms. The summed E-state index contributed by atoms with van der Waals surface area (Å²) in [6, 6.07) is 0. The van der Waals surface area contributed by atoms with Crippen molar-refractivity contribution in [2.45, 2.75) is 39.0 Å². The van der Waals surface area contributed by atoms with E-state index in [2.05, 4.69) is 19.1 Å². The zero-order valence-electron chi connectivity index (χ0n) is 8.18. The lowest BCUT2D eigenvalue weighted by atomic mass is 9.77. The van der Waals surface area contributed by atoms with Gasteiger partial charge in [0, 0.05) is 6.42 Å². The Morgan fingerprint density at radius 2 is 2.23 bits per heavy atom. The third kappa shape index (κ3) is 1.60. The molecule has 1 nitrogen and oxygen atoms in total. The maximum absolute atomic E-state index is 11.3. The van der Waals surface area contributed by atoms with E-state index in [1.54, 1.807) is 0 Å². The van der Waals surface area contributed by atoms with E-state index < -0.39 is 0 Å². The minimum absolute atomic E-state index is 0.161. The van der Waals surface area contributed by atoms with Crippen LogP contribution in [-0.4, -0.2) is 5.78 Å². The Balaban J connectivity index is 2.27. The third-order valence-electron chi connectivity index (χ3n) is 3.23. The molecule has 0 saturated heterocycles. The van der Waals surface area contributed by atoms with Crippen LogP contribution in [0.4, 0.5) is 0 Å². The van der Waals surface area contributed by atoms with Crippen molar-refractivity contribution in [2.24, 2.45) is 5.41 Å². The second kappa shape index (κ2) is 3.13. The monoisotopic (exact) mass is 176 g/mol. The number of fused-ring (bicyclic) bond motifs is 1. The van der Waals surface area contributed by atoms with Gasteiger partial charge in [-0.3, -0.25) is 4.79 Å². The normalized spacial score (nSPS) is 36.1. The van der Waals surface area contributed by atoms with Gasteiger partial charge in [-0.2, -0.15) is 0 Å². The first-order valence-corrected chi connectivity index (χ1v) is 5.10. The molecule has 1 heteroatoms. The predicted molar refractivity (Wildman–Crippen MR) is 53.4 cm³/mol. The summed E-state index contributed by atoms with van der Waals surface area (Å²) in [6.07, 6.45) is 11.6. The van der Waals surface area contributed by atoms with Crippen LogP contribution in [0, 0.1) is 5.41 Å². The third-order valence-corrected chi connectivity index (χ3v) is 3.23. The summed E-state index contributed by atoms with van der Waals surface area (Å²) in [6.45, 7) is 2.22. The second-order valence-corrected chi connectivity index (χ2v) is 4.44. The Bertz CT molecular complexity index is 285. The number of hydrogen-bond acceptors (Lipinski definition) is 1. The molecule has 0 aromatic carbocycles. The standard InChI is InChI=1S/C12H16O/c1-12-7-5-3-2-4-6-10(12)8-11(13)9-12/h3,5,8H,2,4,6-7,9H2,1H3/b5-3-/t12-/m0/s1. The molecule has 0 unspecified atom stereocenters. The van der Waals surface area contributed by atoms with Crippen molar-refractivity contribution in [3.8, 4) is 0 Å². The predicted octanol–water partition coefficient (Wildman–Crippen LogP) is 3.02. The number of hydrogen-bond donors (Lipinski definition) is 0. The van der Waals surface area contributed by atoms with Crippen molar-refractivity contribution < 1.29 is 4.79 Å². The van der Waals surface area contributed by atoms with Crippen molar-refractivity contribution in [3.63, 3.8) is 0 Å². The Morgan fingerprint density at radius 1 is 1.38 bits per heavy atom. The summed E-state index contributed by atoms with van der Waals surface area (Å²) >= 11 is 0. The van der Waals surface area contributed by atoms with E-state index in [0.29, 0.717) is 5.78 Å². The first-order valence-electron chi connectivity index (χ1n) is 5.10. The van der Waals surface area contributed by atoms with Crippen LogP contribution in [0.3, 0.4) is 0 Å². The Kier molecular flexibility index (Phi) is 2.10. The van der Waals surface area contributed by atoms with Crippen LogP contribution in [0.15, 0.2) is 23.8 Å². The molecule has 2 rings (SSSR count). The van der Waals surface area contributed by atoms with Gasteiger partial charge in [0.1, 0.15) is 0 Å². The van der Waals surface area contributed by atoms with E-state index in [4.69, 9.17) is 0 Å². The van der Waals surface area contributed by atoms with E-state index in [1.807, 2.05) is 6.08 Å². The fraction of sp³-hybridized carbons (Fsp3) is 0.583. The summed E-state index contributed by atoms with van der Waals surface area (Å²) in [5.41, 5.74) is 1.55. The van der Waals surface area contributed by atoms with Crippen LogP contribution < -0.4 is 0 Å². The molecule has 1 atom stereocenters. The van der Waals surface area contributed by atoms with Crippen molar-refractivity contribution >= 4 is 5.78 Å². The largest absolute Gasteiger partial charge is 0.295 e. The number of allylic oxidation sites excluding steroid dienone is 4. The molecule has 0 heterocycles. The molecule has 0 aromatic rings. The average molecular weight is 176 g/mol. The summed E-state index contributed by atoms with van der Waals surface area (Å²) in [5.74, 6) is 0.327. The maximum atomic E-state index is 11.3. The van der Waals surface area contributed by atoms with Gasteiger partial charge < -0.3 is 0 Å². The first-order chi connectivity index (χ1) is 6.21. The van der Waals surface area contributed by atoms with Crippen LogP contribution in [-0.2, 0) is 4.79 Å². The first kappa shape index (κ1) is 8.74. The highest BCUT2D eigenvalue weighted by atomic mass is 16.1. The number of rotatable bonds is 0.